The van der Waals surface area contributed by atoms with Gasteiger partial charge in [-0.05, 0) is 54.7 Å². The van der Waals surface area contributed by atoms with E-state index in [-0.39, 0.29) is 32.9 Å². The predicted molar refractivity (Wildman–Crippen MR) is 97.2 cm³/mol. The second-order valence-corrected chi connectivity index (χ2v) is 8.77. The number of ether oxygens (including phenoxy) is 1. The molecular formula is C18H16Cl2O4S. The second kappa shape index (κ2) is 7.36. The van der Waals surface area contributed by atoms with E-state index in [4.69, 9.17) is 27.9 Å². The topological polar surface area (TPSA) is 60.4 Å². The molecule has 25 heavy (non-hydrogen) atoms. The Kier molecular flexibility index (Phi) is 5.37. The molecule has 132 valence electrons. The van der Waals surface area contributed by atoms with E-state index in [1.165, 1.54) is 11.6 Å². The van der Waals surface area contributed by atoms with Crippen molar-refractivity contribution in [2.75, 3.05) is 5.75 Å². The number of sulfone groups is 1. The quantitative estimate of drug-likeness (QED) is 0.557. The van der Waals surface area contributed by atoms with Gasteiger partial charge in [-0.3, -0.25) is 4.79 Å². The molecule has 0 fully saturated rings. The number of halogens is 2. The highest BCUT2D eigenvalue weighted by Gasteiger charge is 2.21. The average Bonchev–Trinajstić information content (AvgIpc) is 3.05. The molecule has 1 aliphatic rings. The van der Waals surface area contributed by atoms with Gasteiger partial charge >= 0.3 is 5.97 Å². The van der Waals surface area contributed by atoms with Gasteiger partial charge in [0.15, 0.2) is 15.6 Å². The lowest BCUT2D eigenvalue weighted by Crippen LogP contribution is -2.16. The van der Waals surface area contributed by atoms with Crippen molar-refractivity contribution in [1.82, 2.24) is 0 Å². The van der Waals surface area contributed by atoms with Gasteiger partial charge in [0.2, 0.25) is 0 Å². The van der Waals surface area contributed by atoms with Crippen LogP contribution in [-0.4, -0.2) is 20.1 Å². The summed E-state index contributed by atoms with van der Waals surface area (Å²) in [6.07, 6.45) is 2.67. The summed E-state index contributed by atoms with van der Waals surface area (Å²) in [6, 6.07) is 9.85. The van der Waals surface area contributed by atoms with Gasteiger partial charge in [-0.25, -0.2) is 8.42 Å². The molecule has 0 bridgehead atoms. The minimum atomic E-state index is -3.55. The SMILES string of the molecule is O=C(CCS(=O)(=O)c1ccc2c(c1)CCC2)Oc1cccc(Cl)c1Cl. The van der Waals surface area contributed by atoms with Crippen molar-refractivity contribution in [2.24, 2.45) is 0 Å². The summed E-state index contributed by atoms with van der Waals surface area (Å²) >= 11 is 11.8. The molecule has 0 aromatic heterocycles. The molecule has 0 spiro atoms. The Morgan fingerprint density at radius 1 is 1.08 bits per heavy atom. The lowest BCUT2D eigenvalue weighted by Gasteiger charge is -2.08. The largest absolute Gasteiger partial charge is 0.425 e. The number of fused-ring (bicyclic) bond motifs is 1. The van der Waals surface area contributed by atoms with Crippen molar-refractivity contribution in [2.45, 2.75) is 30.6 Å². The zero-order valence-corrected chi connectivity index (χ0v) is 15.6. The van der Waals surface area contributed by atoms with Crippen LogP contribution in [0.15, 0.2) is 41.3 Å². The molecule has 0 saturated heterocycles. The zero-order chi connectivity index (χ0) is 18.0. The summed E-state index contributed by atoms with van der Waals surface area (Å²) in [5.74, 6) is -0.869. The van der Waals surface area contributed by atoms with Gasteiger partial charge in [-0.15, -0.1) is 0 Å². The van der Waals surface area contributed by atoms with Crippen molar-refractivity contribution < 1.29 is 17.9 Å². The van der Waals surface area contributed by atoms with Gasteiger partial charge in [-0.2, -0.15) is 0 Å². The maximum absolute atomic E-state index is 12.5. The van der Waals surface area contributed by atoms with Gasteiger partial charge in [-0.1, -0.05) is 35.3 Å². The van der Waals surface area contributed by atoms with Crippen LogP contribution in [-0.2, 0) is 27.5 Å². The Bertz CT molecular complexity index is 923. The Hall–Kier alpha value is -1.56. The number of esters is 1. The molecule has 0 amide bonds. The third-order valence-corrected chi connectivity index (χ3v) is 6.66. The minimum absolute atomic E-state index is 0.120. The van der Waals surface area contributed by atoms with Crippen LogP contribution >= 0.6 is 23.2 Å². The predicted octanol–water partition coefficient (Wildman–Crippen LogP) is 4.25. The van der Waals surface area contributed by atoms with Crippen molar-refractivity contribution in [1.29, 1.82) is 0 Å². The van der Waals surface area contributed by atoms with Crippen LogP contribution in [0.5, 0.6) is 5.75 Å². The first-order valence-electron chi connectivity index (χ1n) is 7.86. The molecule has 4 nitrogen and oxygen atoms in total. The van der Waals surface area contributed by atoms with Gasteiger partial charge in [0.05, 0.1) is 22.1 Å². The Balaban J connectivity index is 1.66. The van der Waals surface area contributed by atoms with Gasteiger partial charge < -0.3 is 4.74 Å². The van der Waals surface area contributed by atoms with E-state index in [0.29, 0.717) is 0 Å². The standard InChI is InChI=1S/C18H16Cl2O4S/c19-15-5-2-6-16(18(15)20)24-17(21)9-10-25(22,23)14-8-7-12-3-1-4-13(12)11-14/h2,5-8,11H,1,3-4,9-10H2. The van der Waals surface area contributed by atoms with Gasteiger partial charge in [0.1, 0.15) is 5.02 Å². The summed E-state index contributed by atoms with van der Waals surface area (Å²) in [6.45, 7) is 0. The van der Waals surface area contributed by atoms with E-state index in [0.717, 1.165) is 24.8 Å². The van der Waals surface area contributed by atoms with Crippen LogP contribution in [0.25, 0.3) is 0 Å². The number of aryl methyl sites for hydroxylation is 2. The Labute approximate surface area is 156 Å². The number of hydrogen-bond donors (Lipinski definition) is 0. The van der Waals surface area contributed by atoms with Gasteiger partial charge in [0, 0.05) is 0 Å². The molecule has 0 atom stereocenters. The van der Waals surface area contributed by atoms with Crippen LogP contribution in [0.2, 0.25) is 10.0 Å². The molecular weight excluding hydrogens is 383 g/mol. The molecule has 0 N–H and O–H groups in total. The van der Waals surface area contributed by atoms with E-state index in [1.807, 2.05) is 6.07 Å². The first-order valence-corrected chi connectivity index (χ1v) is 10.3. The molecule has 0 aliphatic heterocycles. The lowest BCUT2D eigenvalue weighted by molar-refractivity contribution is -0.133. The van der Waals surface area contributed by atoms with Gasteiger partial charge in [0.25, 0.3) is 0 Å². The van der Waals surface area contributed by atoms with Crippen LogP contribution in [0, 0.1) is 0 Å². The van der Waals surface area contributed by atoms with Crippen molar-refractivity contribution in [3.63, 3.8) is 0 Å². The number of hydrogen-bond acceptors (Lipinski definition) is 4. The van der Waals surface area contributed by atoms with E-state index < -0.39 is 15.8 Å². The molecule has 0 heterocycles. The highest BCUT2D eigenvalue weighted by atomic mass is 35.5. The Morgan fingerprint density at radius 3 is 2.64 bits per heavy atom. The fourth-order valence-electron chi connectivity index (χ4n) is 2.81. The average molecular weight is 399 g/mol. The molecule has 0 unspecified atom stereocenters. The number of carbonyl (C=O) groups is 1. The number of rotatable bonds is 5. The smallest absolute Gasteiger partial charge is 0.312 e. The van der Waals surface area contributed by atoms with Crippen molar-refractivity contribution in [3.8, 4) is 5.75 Å². The summed E-state index contributed by atoms with van der Waals surface area (Å²) in [5, 5.41) is 0.386. The van der Waals surface area contributed by atoms with E-state index in [1.54, 1.807) is 24.3 Å². The monoisotopic (exact) mass is 398 g/mol. The fraction of sp³-hybridized carbons (Fsp3) is 0.278. The highest BCUT2D eigenvalue weighted by Crippen LogP contribution is 2.31. The summed E-state index contributed by atoms with van der Waals surface area (Å²) < 4.78 is 30.0. The van der Waals surface area contributed by atoms with Crippen LogP contribution in [0.3, 0.4) is 0 Å². The molecule has 2 aromatic carbocycles. The normalized spacial score (nSPS) is 13.5. The second-order valence-electron chi connectivity index (χ2n) is 5.88. The minimum Gasteiger partial charge on any atom is -0.425 e. The maximum Gasteiger partial charge on any atom is 0.312 e. The third-order valence-electron chi connectivity index (χ3n) is 4.14. The maximum atomic E-state index is 12.5. The highest BCUT2D eigenvalue weighted by molar-refractivity contribution is 7.91. The number of benzene rings is 2. The van der Waals surface area contributed by atoms with E-state index >= 15 is 0 Å². The fourth-order valence-corrected chi connectivity index (χ4v) is 4.41. The molecule has 1 aliphatic carbocycles. The summed E-state index contributed by atoms with van der Waals surface area (Å²) in [5.41, 5.74) is 2.28. The van der Waals surface area contributed by atoms with E-state index in [9.17, 15) is 13.2 Å². The molecule has 7 heteroatoms. The first kappa shape index (κ1) is 18.2. The van der Waals surface area contributed by atoms with Crippen LogP contribution in [0.4, 0.5) is 0 Å². The van der Waals surface area contributed by atoms with Crippen molar-refractivity contribution >= 4 is 39.0 Å². The third kappa shape index (κ3) is 4.17. The van der Waals surface area contributed by atoms with Crippen LogP contribution < -0.4 is 4.74 Å². The van der Waals surface area contributed by atoms with Crippen LogP contribution in [0.1, 0.15) is 24.0 Å². The van der Waals surface area contributed by atoms with E-state index in [2.05, 4.69) is 0 Å². The summed E-state index contributed by atoms with van der Waals surface area (Å²) in [7, 11) is -3.55. The number of carbonyl (C=O) groups excluding carboxylic acids is 1. The lowest BCUT2D eigenvalue weighted by atomic mass is 10.1. The molecule has 2 aromatic rings. The first-order chi connectivity index (χ1) is 11.9. The summed E-state index contributed by atoms with van der Waals surface area (Å²) in [4.78, 5) is 12.2. The Morgan fingerprint density at radius 2 is 1.84 bits per heavy atom. The molecule has 0 saturated carbocycles. The molecule has 3 rings (SSSR count). The molecule has 0 radical (unpaired) electrons. The zero-order valence-electron chi connectivity index (χ0n) is 13.3. The van der Waals surface area contributed by atoms with Crippen molar-refractivity contribution in [3.05, 3.63) is 57.6 Å².